The number of nitrogens with one attached hydrogen (secondary N) is 1. The lowest BCUT2D eigenvalue weighted by atomic mass is 10.1. The maximum Gasteiger partial charge on any atom is 0.267 e. The average molecular weight is 525 g/mol. The predicted molar refractivity (Wildman–Crippen MR) is 148 cm³/mol. The zero-order chi connectivity index (χ0) is 25.8. The van der Waals surface area contributed by atoms with E-state index in [1.54, 1.807) is 43.5 Å². The first-order chi connectivity index (χ1) is 17.3. The van der Waals surface area contributed by atoms with Gasteiger partial charge in [-0.2, -0.15) is 0 Å². The summed E-state index contributed by atoms with van der Waals surface area (Å²) < 4.78 is 12.6. The molecular formula is C26H28N4O4S2. The molecule has 3 heterocycles. The van der Waals surface area contributed by atoms with Gasteiger partial charge in [-0.3, -0.25) is 18.9 Å². The molecule has 0 atom stereocenters. The fraction of sp³-hybridized carbons (Fsp3) is 0.308. The SMILES string of the molecule is COc1ccc(CCN2C(=O)/C(=C/c3c(NCC(C)C)nc4ccccn4c3=O)SC2=S)cc1OC. The minimum Gasteiger partial charge on any atom is -0.493 e. The smallest absolute Gasteiger partial charge is 0.267 e. The fourth-order valence-corrected chi connectivity index (χ4v) is 5.06. The Morgan fingerprint density at radius 3 is 2.64 bits per heavy atom. The predicted octanol–water partition coefficient (Wildman–Crippen LogP) is 4.22. The summed E-state index contributed by atoms with van der Waals surface area (Å²) in [5.74, 6) is 1.86. The van der Waals surface area contributed by atoms with Gasteiger partial charge in [0.1, 0.15) is 15.8 Å². The van der Waals surface area contributed by atoms with E-state index < -0.39 is 0 Å². The van der Waals surface area contributed by atoms with Crippen molar-refractivity contribution in [3.05, 3.63) is 69.0 Å². The van der Waals surface area contributed by atoms with Crippen molar-refractivity contribution in [3.8, 4) is 11.5 Å². The number of thiocarbonyl (C=S) groups is 1. The van der Waals surface area contributed by atoms with Crippen molar-refractivity contribution in [3.63, 3.8) is 0 Å². The summed E-state index contributed by atoms with van der Waals surface area (Å²) in [6, 6.07) is 11.0. The molecule has 8 nitrogen and oxygen atoms in total. The van der Waals surface area contributed by atoms with Gasteiger partial charge in [-0.15, -0.1) is 0 Å². The molecule has 0 radical (unpaired) electrons. The number of benzene rings is 1. The van der Waals surface area contributed by atoms with Gasteiger partial charge in [-0.05, 0) is 48.2 Å². The first kappa shape index (κ1) is 25.7. The van der Waals surface area contributed by atoms with Crippen LogP contribution in [-0.4, -0.2) is 51.8 Å². The number of rotatable bonds is 9. The summed E-state index contributed by atoms with van der Waals surface area (Å²) >= 11 is 6.70. The van der Waals surface area contributed by atoms with Crippen LogP contribution < -0.4 is 20.3 Å². The Hall–Kier alpha value is -3.37. The summed E-state index contributed by atoms with van der Waals surface area (Å²) in [5.41, 5.74) is 1.61. The normalized spacial score (nSPS) is 14.8. The molecule has 1 saturated heterocycles. The van der Waals surface area contributed by atoms with Crippen LogP contribution in [0.3, 0.4) is 0 Å². The number of carbonyl (C=O) groups excluding carboxylic acids is 1. The van der Waals surface area contributed by atoms with Gasteiger partial charge in [-0.1, -0.05) is 50.0 Å². The number of nitrogens with zero attached hydrogens (tertiary/aromatic N) is 3. The summed E-state index contributed by atoms with van der Waals surface area (Å²) in [6.07, 6.45) is 3.86. The van der Waals surface area contributed by atoms with Gasteiger partial charge in [0.25, 0.3) is 11.5 Å². The molecule has 2 aromatic heterocycles. The molecule has 36 heavy (non-hydrogen) atoms. The number of anilines is 1. The van der Waals surface area contributed by atoms with Gasteiger partial charge < -0.3 is 14.8 Å². The Bertz CT molecular complexity index is 1400. The van der Waals surface area contributed by atoms with Gasteiger partial charge in [-0.25, -0.2) is 4.98 Å². The van der Waals surface area contributed by atoms with E-state index in [0.717, 1.165) is 5.56 Å². The first-order valence-corrected chi connectivity index (χ1v) is 12.8. The van der Waals surface area contributed by atoms with Crippen LogP contribution in [-0.2, 0) is 11.2 Å². The van der Waals surface area contributed by atoms with E-state index in [-0.39, 0.29) is 11.5 Å². The number of ether oxygens (including phenoxy) is 2. The van der Waals surface area contributed by atoms with E-state index in [1.165, 1.54) is 16.2 Å². The maximum atomic E-state index is 13.3. The van der Waals surface area contributed by atoms with Crippen LogP contribution in [0.4, 0.5) is 5.82 Å². The number of hydrogen-bond donors (Lipinski definition) is 1. The van der Waals surface area contributed by atoms with E-state index in [2.05, 4.69) is 24.1 Å². The highest BCUT2D eigenvalue weighted by Gasteiger charge is 2.32. The largest absolute Gasteiger partial charge is 0.493 e. The third-order valence-corrected chi connectivity index (χ3v) is 7.05. The molecule has 1 amide bonds. The number of pyridine rings is 1. The lowest BCUT2D eigenvalue weighted by Crippen LogP contribution is -2.30. The van der Waals surface area contributed by atoms with Crippen LogP contribution in [0.2, 0.25) is 0 Å². The van der Waals surface area contributed by atoms with Crippen LogP contribution in [0.5, 0.6) is 11.5 Å². The Morgan fingerprint density at radius 2 is 1.92 bits per heavy atom. The number of aromatic nitrogens is 2. The quantitative estimate of drug-likeness (QED) is 0.329. The molecule has 4 rings (SSSR count). The lowest BCUT2D eigenvalue weighted by molar-refractivity contribution is -0.122. The number of fused-ring (bicyclic) bond motifs is 1. The van der Waals surface area contributed by atoms with Gasteiger partial charge in [0, 0.05) is 19.3 Å². The second kappa shape index (κ2) is 11.1. The fourth-order valence-electron chi connectivity index (χ4n) is 3.77. The topological polar surface area (TPSA) is 85.2 Å². The molecule has 3 aromatic rings. The van der Waals surface area contributed by atoms with Crippen molar-refractivity contribution in [2.24, 2.45) is 5.92 Å². The first-order valence-electron chi connectivity index (χ1n) is 11.5. The Balaban J connectivity index is 1.61. The van der Waals surface area contributed by atoms with Crippen LogP contribution in [0, 0.1) is 5.92 Å². The van der Waals surface area contributed by atoms with Gasteiger partial charge in [0.15, 0.2) is 11.5 Å². The second-order valence-corrected chi connectivity index (χ2v) is 10.3. The molecule has 1 fully saturated rings. The minimum atomic E-state index is -0.248. The average Bonchev–Trinajstić information content (AvgIpc) is 3.14. The van der Waals surface area contributed by atoms with Crippen molar-refractivity contribution in [2.75, 3.05) is 32.6 Å². The molecule has 0 unspecified atom stereocenters. The van der Waals surface area contributed by atoms with Gasteiger partial charge in [0.2, 0.25) is 0 Å². The minimum absolute atomic E-state index is 0.224. The molecule has 0 bridgehead atoms. The highest BCUT2D eigenvalue weighted by atomic mass is 32.2. The second-order valence-electron chi connectivity index (χ2n) is 8.66. The van der Waals surface area contributed by atoms with Gasteiger partial charge in [0.05, 0.1) is 24.7 Å². The third kappa shape index (κ3) is 5.39. The molecule has 188 valence electrons. The molecule has 0 saturated carbocycles. The number of thioether (sulfide) groups is 1. The third-order valence-electron chi connectivity index (χ3n) is 5.67. The number of methoxy groups -OCH3 is 2. The van der Waals surface area contributed by atoms with Crippen LogP contribution >= 0.6 is 24.0 Å². The van der Waals surface area contributed by atoms with E-state index in [9.17, 15) is 9.59 Å². The van der Waals surface area contributed by atoms with E-state index in [4.69, 9.17) is 21.7 Å². The lowest BCUT2D eigenvalue weighted by Gasteiger charge is -2.15. The standard InChI is InChI=1S/C26H28N4O4S2/c1-16(2)15-27-23-18(24(31)29-11-6-5-7-22(29)28-23)14-21-25(32)30(26(35)36-21)12-10-17-8-9-19(33-3)20(13-17)34-4/h5-9,11,13-14,16,27H,10,12,15H2,1-4H3/b21-14-. The molecular weight excluding hydrogens is 496 g/mol. The van der Waals surface area contributed by atoms with E-state index in [1.807, 2.05) is 24.3 Å². The summed E-state index contributed by atoms with van der Waals surface area (Å²) in [7, 11) is 3.17. The summed E-state index contributed by atoms with van der Waals surface area (Å²) in [6.45, 7) is 5.20. The van der Waals surface area contributed by atoms with E-state index >= 15 is 0 Å². The Kier molecular flexibility index (Phi) is 7.95. The van der Waals surface area contributed by atoms with Gasteiger partial charge >= 0.3 is 0 Å². The zero-order valence-corrected chi connectivity index (χ0v) is 22.2. The van der Waals surface area contributed by atoms with Crippen molar-refractivity contribution in [1.29, 1.82) is 0 Å². The molecule has 1 aliphatic rings. The maximum absolute atomic E-state index is 13.3. The van der Waals surface area contributed by atoms with E-state index in [0.29, 0.717) is 63.2 Å². The monoisotopic (exact) mass is 524 g/mol. The highest BCUT2D eigenvalue weighted by Crippen LogP contribution is 2.34. The highest BCUT2D eigenvalue weighted by molar-refractivity contribution is 8.26. The molecule has 0 aliphatic carbocycles. The van der Waals surface area contributed by atoms with Crippen molar-refractivity contribution in [1.82, 2.24) is 14.3 Å². The summed E-state index contributed by atoms with van der Waals surface area (Å²) in [5, 5.41) is 3.27. The molecule has 0 spiro atoms. The zero-order valence-electron chi connectivity index (χ0n) is 20.6. The van der Waals surface area contributed by atoms with Crippen LogP contribution in [0.1, 0.15) is 25.0 Å². The molecule has 1 N–H and O–H groups in total. The number of hydrogen-bond acceptors (Lipinski definition) is 8. The van der Waals surface area contributed by atoms with Crippen LogP contribution in [0.25, 0.3) is 11.7 Å². The number of carbonyl (C=O) groups is 1. The molecule has 1 aromatic carbocycles. The van der Waals surface area contributed by atoms with Crippen LogP contribution in [0.15, 0.2) is 52.3 Å². The summed E-state index contributed by atoms with van der Waals surface area (Å²) in [4.78, 5) is 33.2. The molecule has 1 aliphatic heterocycles. The Labute approximate surface area is 219 Å². The van der Waals surface area contributed by atoms with Crippen molar-refractivity contribution in [2.45, 2.75) is 20.3 Å². The van der Waals surface area contributed by atoms with Crippen molar-refractivity contribution >= 4 is 51.7 Å². The Morgan fingerprint density at radius 1 is 1.14 bits per heavy atom. The number of amides is 1. The molecule has 10 heteroatoms. The van der Waals surface area contributed by atoms with Crippen molar-refractivity contribution < 1.29 is 14.3 Å².